The monoisotopic (exact) mass is 595 g/mol. The van der Waals surface area contributed by atoms with E-state index in [0.717, 1.165) is 10.6 Å². The third kappa shape index (κ3) is 6.78. The number of sulfonamides is 1. The summed E-state index contributed by atoms with van der Waals surface area (Å²) in [6.07, 6.45) is 2.18. The number of carbonyl (C=O) groups excluding carboxylic acids is 2. The second kappa shape index (κ2) is 12.2. The molecule has 0 spiro atoms. The third-order valence-corrected chi connectivity index (χ3v) is 8.25. The van der Waals surface area contributed by atoms with Crippen LogP contribution in [0.2, 0.25) is 0 Å². The van der Waals surface area contributed by atoms with Crippen molar-refractivity contribution in [2.75, 3.05) is 23.8 Å². The van der Waals surface area contributed by atoms with Gasteiger partial charge in [0.15, 0.2) is 11.6 Å². The van der Waals surface area contributed by atoms with Crippen LogP contribution in [-0.4, -0.2) is 39.5 Å². The number of furan rings is 1. The Morgan fingerprint density at radius 1 is 0.952 bits per heavy atom. The standard InChI is InChI=1S/C33H35F2NO5S/c1-6-28(37)31-26-19-25(22-8-7-9-23(18-22)29(38)14-15-33(2,3)4)27(36(17-16-34)42(5,39)40)20-30(26)41-32(31)21-10-12-24(35)13-11-21/h7-13,18-20H,6,14-17H2,1-5H3. The lowest BCUT2D eigenvalue weighted by atomic mass is 9.88. The van der Waals surface area contributed by atoms with Crippen LogP contribution in [0.5, 0.6) is 0 Å². The van der Waals surface area contributed by atoms with E-state index in [2.05, 4.69) is 20.8 Å². The molecule has 0 saturated carbocycles. The molecule has 42 heavy (non-hydrogen) atoms. The maximum absolute atomic E-state index is 13.7. The van der Waals surface area contributed by atoms with Gasteiger partial charge in [-0.1, -0.05) is 45.9 Å². The molecule has 0 unspecified atom stereocenters. The quantitative estimate of drug-likeness (QED) is 0.163. The van der Waals surface area contributed by atoms with E-state index in [4.69, 9.17) is 4.42 Å². The number of rotatable bonds is 11. The second-order valence-corrected chi connectivity index (χ2v) is 13.5. The predicted octanol–water partition coefficient (Wildman–Crippen LogP) is 8.24. The van der Waals surface area contributed by atoms with Crippen LogP contribution in [-0.2, 0) is 10.0 Å². The fraction of sp³-hybridized carbons (Fsp3) is 0.333. The van der Waals surface area contributed by atoms with E-state index >= 15 is 0 Å². The Morgan fingerprint density at radius 3 is 2.24 bits per heavy atom. The number of ketones is 2. The van der Waals surface area contributed by atoms with Gasteiger partial charge in [-0.05, 0) is 53.8 Å². The maximum Gasteiger partial charge on any atom is 0.232 e. The van der Waals surface area contributed by atoms with Gasteiger partial charge in [0.1, 0.15) is 23.8 Å². The molecular weight excluding hydrogens is 560 g/mol. The molecular formula is C33H35F2NO5S. The molecule has 0 saturated heterocycles. The van der Waals surface area contributed by atoms with Crippen molar-refractivity contribution >= 4 is 38.2 Å². The zero-order valence-corrected chi connectivity index (χ0v) is 25.3. The molecule has 0 N–H and O–H groups in total. The highest BCUT2D eigenvalue weighted by Gasteiger charge is 2.27. The number of hydrogen-bond acceptors (Lipinski definition) is 5. The van der Waals surface area contributed by atoms with Crippen molar-refractivity contribution in [3.8, 4) is 22.5 Å². The highest BCUT2D eigenvalue weighted by atomic mass is 32.2. The van der Waals surface area contributed by atoms with Gasteiger partial charge in [-0.15, -0.1) is 0 Å². The van der Waals surface area contributed by atoms with E-state index in [1.54, 1.807) is 37.3 Å². The van der Waals surface area contributed by atoms with Gasteiger partial charge in [-0.25, -0.2) is 17.2 Å². The number of carbonyl (C=O) groups is 2. The van der Waals surface area contributed by atoms with E-state index in [1.807, 2.05) is 0 Å². The number of Topliss-reactive ketones (excluding diaryl/α,β-unsaturated/α-hetero) is 2. The molecule has 6 nitrogen and oxygen atoms in total. The molecule has 9 heteroatoms. The summed E-state index contributed by atoms with van der Waals surface area (Å²) in [7, 11) is -3.94. The number of halogens is 2. The normalized spacial score (nSPS) is 12.1. The van der Waals surface area contributed by atoms with Crippen LogP contribution in [0.15, 0.2) is 65.1 Å². The number of benzene rings is 3. The van der Waals surface area contributed by atoms with Gasteiger partial charge in [0.25, 0.3) is 0 Å². The smallest absolute Gasteiger partial charge is 0.232 e. The van der Waals surface area contributed by atoms with E-state index in [-0.39, 0.29) is 46.0 Å². The molecule has 0 bridgehead atoms. The molecule has 0 aliphatic heterocycles. The van der Waals surface area contributed by atoms with Gasteiger partial charge in [-0.3, -0.25) is 13.9 Å². The first kappa shape index (κ1) is 31.1. The zero-order chi connectivity index (χ0) is 30.8. The van der Waals surface area contributed by atoms with Crippen molar-refractivity contribution in [2.45, 2.75) is 47.0 Å². The van der Waals surface area contributed by atoms with Gasteiger partial charge < -0.3 is 4.42 Å². The summed E-state index contributed by atoms with van der Waals surface area (Å²) in [5, 5.41) is 0.429. The zero-order valence-electron chi connectivity index (χ0n) is 24.5. The third-order valence-electron chi connectivity index (χ3n) is 7.07. The molecule has 0 aliphatic rings. The minimum atomic E-state index is -3.94. The maximum atomic E-state index is 13.7. The summed E-state index contributed by atoms with van der Waals surface area (Å²) in [6.45, 7) is 6.52. The minimum Gasteiger partial charge on any atom is -0.455 e. The molecule has 3 aromatic carbocycles. The van der Waals surface area contributed by atoms with Gasteiger partial charge in [0, 0.05) is 41.0 Å². The number of alkyl halides is 1. The van der Waals surface area contributed by atoms with Crippen molar-refractivity contribution in [3.63, 3.8) is 0 Å². The van der Waals surface area contributed by atoms with E-state index < -0.39 is 29.1 Å². The Hall–Kier alpha value is -3.85. The summed E-state index contributed by atoms with van der Waals surface area (Å²) in [5.41, 5.74) is 2.47. The van der Waals surface area contributed by atoms with Crippen molar-refractivity contribution in [3.05, 3.63) is 77.6 Å². The Bertz CT molecular complexity index is 1730. The molecule has 1 heterocycles. The lowest BCUT2D eigenvalue weighted by molar-refractivity contribution is 0.0963. The molecule has 0 radical (unpaired) electrons. The first-order valence-electron chi connectivity index (χ1n) is 13.8. The summed E-state index contributed by atoms with van der Waals surface area (Å²) in [6, 6.07) is 15.5. The van der Waals surface area contributed by atoms with Crippen molar-refractivity contribution in [1.82, 2.24) is 0 Å². The average Bonchev–Trinajstić information content (AvgIpc) is 3.31. The lowest BCUT2D eigenvalue weighted by Gasteiger charge is -2.24. The Labute approximate surface area is 245 Å². The molecule has 4 aromatic rings. The molecule has 0 fully saturated rings. The SMILES string of the molecule is CCC(=O)c1c(-c2ccc(F)cc2)oc2cc(N(CCF)S(C)(=O)=O)c(-c3cccc(C(=O)CCC(C)(C)C)c3)cc12. The Kier molecular flexibility index (Phi) is 9.01. The van der Waals surface area contributed by atoms with Crippen LogP contribution >= 0.6 is 0 Å². The van der Waals surface area contributed by atoms with Crippen LogP contribution in [0.4, 0.5) is 14.5 Å². The fourth-order valence-electron chi connectivity index (χ4n) is 4.86. The minimum absolute atomic E-state index is 0.0282. The van der Waals surface area contributed by atoms with E-state index in [1.165, 1.54) is 30.3 Å². The number of anilines is 1. The van der Waals surface area contributed by atoms with Crippen LogP contribution in [0.3, 0.4) is 0 Å². The number of nitrogens with zero attached hydrogens (tertiary/aromatic N) is 1. The van der Waals surface area contributed by atoms with Crippen molar-refractivity contribution < 1.29 is 31.2 Å². The molecule has 0 aliphatic carbocycles. The summed E-state index contributed by atoms with van der Waals surface area (Å²) >= 11 is 0. The van der Waals surface area contributed by atoms with Crippen molar-refractivity contribution in [2.24, 2.45) is 5.41 Å². The van der Waals surface area contributed by atoms with Crippen LogP contribution < -0.4 is 4.31 Å². The molecule has 0 amide bonds. The molecule has 0 atom stereocenters. The van der Waals surface area contributed by atoms with E-state index in [9.17, 15) is 26.8 Å². The first-order valence-corrected chi connectivity index (χ1v) is 15.7. The molecule has 4 rings (SSSR count). The fourth-order valence-corrected chi connectivity index (χ4v) is 5.77. The Morgan fingerprint density at radius 2 is 1.64 bits per heavy atom. The summed E-state index contributed by atoms with van der Waals surface area (Å²) in [4.78, 5) is 26.3. The van der Waals surface area contributed by atoms with Crippen molar-refractivity contribution in [1.29, 1.82) is 0 Å². The van der Waals surface area contributed by atoms with Gasteiger partial charge in [0.05, 0.1) is 24.1 Å². The van der Waals surface area contributed by atoms with Crippen LogP contribution in [0, 0.1) is 11.2 Å². The van der Waals surface area contributed by atoms with Gasteiger partial charge in [0.2, 0.25) is 10.0 Å². The second-order valence-electron chi connectivity index (χ2n) is 11.5. The topological polar surface area (TPSA) is 84.7 Å². The number of hydrogen-bond donors (Lipinski definition) is 0. The summed E-state index contributed by atoms with van der Waals surface area (Å²) < 4.78 is 60.2. The van der Waals surface area contributed by atoms with Crippen LogP contribution in [0.1, 0.15) is 67.7 Å². The average molecular weight is 596 g/mol. The number of fused-ring (bicyclic) bond motifs is 1. The Balaban J connectivity index is 2.00. The van der Waals surface area contributed by atoms with Crippen LogP contribution in [0.25, 0.3) is 33.4 Å². The molecule has 1 aromatic heterocycles. The van der Waals surface area contributed by atoms with E-state index in [0.29, 0.717) is 40.5 Å². The summed E-state index contributed by atoms with van der Waals surface area (Å²) in [5.74, 6) is -0.499. The lowest BCUT2D eigenvalue weighted by Crippen LogP contribution is -2.32. The largest absolute Gasteiger partial charge is 0.455 e. The highest BCUT2D eigenvalue weighted by molar-refractivity contribution is 7.92. The first-order chi connectivity index (χ1) is 19.7. The predicted molar refractivity (Wildman–Crippen MR) is 163 cm³/mol. The highest BCUT2D eigenvalue weighted by Crippen LogP contribution is 2.42. The van der Waals surface area contributed by atoms with Gasteiger partial charge >= 0.3 is 0 Å². The van der Waals surface area contributed by atoms with Gasteiger partial charge in [-0.2, -0.15) is 0 Å². The molecule has 222 valence electrons.